The Bertz CT molecular complexity index is 739. The van der Waals surface area contributed by atoms with Crippen molar-refractivity contribution in [3.05, 3.63) is 59.2 Å². The number of benzene rings is 2. The number of fused-ring (bicyclic) bond motifs is 1. The van der Waals surface area contributed by atoms with E-state index in [0.717, 1.165) is 4.90 Å². The predicted molar refractivity (Wildman–Crippen MR) is 75.4 cm³/mol. The number of carbonyl (C=O) groups excluding carboxylic acids is 2. The van der Waals surface area contributed by atoms with Crippen LogP contribution in [0.2, 0.25) is 0 Å². The van der Waals surface area contributed by atoms with Gasteiger partial charge in [-0.15, -0.1) is 0 Å². The summed E-state index contributed by atoms with van der Waals surface area (Å²) in [6, 6.07) is 10.7. The van der Waals surface area contributed by atoms with Gasteiger partial charge in [-0.1, -0.05) is 18.2 Å². The maximum absolute atomic E-state index is 12.6. The van der Waals surface area contributed by atoms with Gasteiger partial charge in [-0.25, -0.2) is 4.90 Å². The van der Waals surface area contributed by atoms with Crippen LogP contribution in [0.4, 0.5) is 14.5 Å². The molecule has 0 fully saturated rings. The number of ether oxygens (including phenoxy) is 1. The zero-order valence-corrected chi connectivity index (χ0v) is 11.5. The predicted octanol–water partition coefficient (Wildman–Crippen LogP) is 3.40. The number of nitrogens with zero attached hydrogens (tertiary/aromatic N) is 1. The molecule has 4 nitrogen and oxygen atoms in total. The summed E-state index contributed by atoms with van der Waals surface area (Å²) >= 11 is 0. The number of aryl methyl sites for hydroxylation is 1. The largest absolute Gasteiger partial charge is 0.433 e. The van der Waals surface area contributed by atoms with Gasteiger partial charge >= 0.3 is 6.61 Å². The van der Waals surface area contributed by atoms with Crippen molar-refractivity contribution in [1.29, 1.82) is 0 Å². The van der Waals surface area contributed by atoms with Gasteiger partial charge in [-0.05, 0) is 36.8 Å². The molecule has 0 atom stereocenters. The van der Waals surface area contributed by atoms with E-state index in [9.17, 15) is 18.4 Å². The van der Waals surface area contributed by atoms with Crippen molar-refractivity contribution in [3.8, 4) is 5.75 Å². The molecule has 0 N–H and O–H groups in total. The highest BCUT2D eigenvalue weighted by molar-refractivity contribution is 6.34. The first-order chi connectivity index (χ1) is 10.5. The molecule has 0 saturated carbocycles. The van der Waals surface area contributed by atoms with Crippen molar-refractivity contribution < 1.29 is 23.1 Å². The molecule has 2 aromatic carbocycles. The number of imide groups is 1. The number of hydrogen-bond acceptors (Lipinski definition) is 3. The summed E-state index contributed by atoms with van der Waals surface area (Å²) in [7, 11) is 0. The van der Waals surface area contributed by atoms with Crippen LogP contribution < -0.4 is 9.64 Å². The van der Waals surface area contributed by atoms with Crippen LogP contribution in [0.1, 0.15) is 26.3 Å². The molecule has 0 aromatic heterocycles. The van der Waals surface area contributed by atoms with Gasteiger partial charge in [0.1, 0.15) is 0 Å². The van der Waals surface area contributed by atoms with E-state index in [2.05, 4.69) is 4.74 Å². The molecule has 0 unspecified atom stereocenters. The van der Waals surface area contributed by atoms with Crippen molar-refractivity contribution in [3.63, 3.8) is 0 Å². The minimum atomic E-state index is -3.05. The van der Waals surface area contributed by atoms with Crippen LogP contribution >= 0.6 is 0 Å². The summed E-state index contributed by atoms with van der Waals surface area (Å²) in [6.45, 7) is -1.35. The minimum Gasteiger partial charge on any atom is -0.433 e. The highest BCUT2D eigenvalue weighted by Crippen LogP contribution is 2.36. The molecule has 0 saturated heterocycles. The van der Waals surface area contributed by atoms with Gasteiger partial charge < -0.3 is 4.74 Å². The third kappa shape index (κ3) is 2.22. The van der Waals surface area contributed by atoms with E-state index in [-0.39, 0.29) is 22.6 Å². The van der Waals surface area contributed by atoms with Gasteiger partial charge in [-0.2, -0.15) is 8.78 Å². The molecule has 1 aliphatic heterocycles. The summed E-state index contributed by atoms with van der Waals surface area (Å²) in [6.07, 6.45) is 0. The molecule has 1 heterocycles. The van der Waals surface area contributed by atoms with Gasteiger partial charge in [0.2, 0.25) is 0 Å². The second-order valence-corrected chi connectivity index (χ2v) is 4.84. The molecule has 0 spiro atoms. The summed E-state index contributed by atoms with van der Waals surface area (Å²) < 4.78 is 29.6. The number of halogens is 2. The van der Waals surface area contributed by atoms with E-state index >= 15 is 0 Å². The lowest BCUT2D eigenvalue weighted by molar-refractivity contribution is -0.0495. The Kier molecular flexibility index (Phi) is 3.36. The molecular formula is C16H11F2NO3. The van der Waals surface area contributed by atoms with Gasteiger partial charge in [-0.3, -0.25) is 9.59 Å². The smallest absolute Gasteiger partial charge is 0.387 e. The second kappa shape index (κ2) is 5.22. The Morgan fingerprint density at radius 1 is 1.00 bits per heavy atom. The lowest BCUT2D eigenvalue weighted by Crippen LogP contribution is -2.30. The standard InChI is InChI=1S/C16H11F2NO3/c1-9-6-7-12(13(8-9)22-16(17)18)19-14(20)10-4-2-3-5-11(10)15(19)21/h2-8,16H,1H3. The average molecular weight is 303 g/mol. The topological polar surface area (TPSA) is 46.6 Å². The summed E-state index contributed by atoms with van der Waals surface area (Å²) in [4.78, 5) is 25.6. The Hall–Kier alpha value is -2.76. The summed E-state index contributed by atoms with van der Waals surface area (Å²) in [5, 5.41) is 0. The molecule has 6 heteroatoms. The maximum Gasteiger partial charge on any atom is 0.387 e. The fourth-order valence-corrected chi connectivity index (χ4v) is 2.40. The number of hydrogen-bond donors (Lipinski definition) is 0. The Labute approximate surface area is 124 Å². The molecule has 0 radical (unpaired) electrons. The first kappa shape index (κ1) is 14.2. The molecule has 22 heavy (non-hydrogen) atoms. The second-order valence-electron chi connectivity index (χ2n) is 4.84. The van der Waals surface area contributed by atoms with E-state index in [1.807, 2.05) is 0 Å². The van der Waals surface area contributed by atoms with Crippen molar-refractivity contribution in [2.45, 2.75) is 13.5 Å². The highest BCUT2D eigenvalue weighted by Gasteiger charge is 2.38. The van der Waals surface area contributed by atoms with E-state index in [4.69, 9.17) is 0 Å². The Morgan fingerprint density at radius 3 is 2.14 bits per heavy atom. The fourth-order valence-electron chi connectivity index (χ4n) is 2.40. The normalized spacial score (nSPS) is 13.7. The van der Waals surface area contributed by atoms with E-state index in [1.54, 1.807) is 25.1 Å². The molecule has 0 aliphatic carbocycles. The highest BCUT2D eigenvalue weighted by atomic mass is 19.3. The summed E-state index contributed by atoms with van der Waals surface area (Å²) in [5.74, 6) is -1.31. The lowest BCUT2D eigenvalue weighted by atomic mass is 10.1. The van der Waals surface area contributed by atoms with Crippen molar-refractivity contribution in [1.82, 2.24) is 0 Å². The zero-order chi connectivity index (χ0) is 15.9. The Morgan fingerprint density at radius 2 is 1.59 bits per heavy atom. The first-order valence-electron chi connectivity index (χ1n) is 6.52. The van der Waals surface area contributed by atoms with Crippen molar-refractivity contribution in [2.24, 2.45) is 0 Å². The number of anilines is 1. The molecule has 2 aromatic rings. The van der Waals surface area contributed by atoms with Crippen molar-refractivity contribution in [2.75, 3.05) is 4.90 Å². The van der Waals surface area contributed by atoms with Crippen LogP contribution in [-0.4, -0.2) is 18.4 Å². The average Bonchev–Trinajstić information content (AvgIpc) is 2.72. The van der Waals surface area contributed by atoms with Crippen molar-refractivity contribution >= 4 is 17.5 Å². The Balaban J connectivity index is 2.10. The molecule has 0 bridgehead atoms. The molecule has 3 rings (SSSR count). The fraction of sp³-hybridized carbons (Fsp3) is 0.125. The van der Waals surface area contributed by atoms with Crippen LogP contribution in [-0.2, 0) is 0 Å². The van der Waals surface area contributed by atoms with E-state index in [1.165, 1.54) is 24.3 Å². The quantitative estimate of drug-likeness (QED) is 0.816. The maximum atomic E-state index is 12.6. The molecule has 112 valence electrons. The van der Waals surface area contributed by atoms with Gasteiger partial charge in [0, 0.05) is 0 Å². The third-order valence-electron chi connectivity index (χ3n) is 3.37. The lowest BCUT2D eigenvalue weighted by Gasteiger charge is -2.18. The zero-order valence-electron chi connectivity index (χ0n) is 11.5. The van der Waals surface area contributed by atoms with Crippen LogP contribution in [0, 0.1) is 6.92 Å². The SMILES string of the molecule is Cc1ccc(N2C(=O)c3ccccc3C2=O)c(OC(F)F)c1. The first-order valence-corrected chi connectivity index (χ1v) is 6.52. The van der Waals surface area contributed by atoms with E-state index in [0.29, 0.717) is 5.56 Å². The number of carbonyl (C=O) groups is 2. The van der Waals surface area contributed by atoms with E-state index < -0.39 is 18.4 Å². The van der Waals surface area contributed by atoms with Crippen LogP contribution in [0.5, 0.6) is 5.75 Å². The third-order valence-corrected chi connectivity index (χ3v) is 3.37. The molecule has 2 amide bonds. The minimum absolute atomic E-state index is 0.0112. The van der Waals surface area contributed by atoms with Gasteiger partial charge in [0.25, 0.3) is 11.8 Å². The number of amides is 2. The van der Waals surface area contributed by atoms with Crippen LogP contribution in [0.25, 0.3) is 0 Å². The monoisotopic (exact) mass is 303 g/mol. The number of rotatable bonds is 3. The number of alkyl halides is 2. The molecular weight excluding hydrogens is 292 g/mol. The molecule has 1 aliphatic rings. The van der Waals surface area contributed by atoms with Crippen LogP contribution in [0.3, 0.4) is 0 Å². The van der Waals surface area contributed by atoms with Crippen LogP contribution in [0.15, 0.2) is 42.5 Å². The summed E-state index contributed by atoms with van der Waals surface area (Å²) in [5.41, 5.74) is 1.18. The van der Waals surface area contributed by atoms with Gasteiger partial charge in [0.15, 0.2) is 5.75 Å². The van der Waals surface area contributed by atoms with Gasteiger partial charge in [0.05, 0.1) is 16.8 Å².